The normalized spacial score (nSPS) is 12.9. The molecule has 0 aliphatic rings. The molecule has 7 nitrogen and oxygen atoms in total. The molecule has 0 fully saturated rings. The van der Waals surface area contributed by atoms with E-state index in [1.807, 2.05) is 45.0 Å². The van der Waals surface area contributed by atoms with Crippen molar-refractivity contribution in [2.24, 2.45) is 5.92 Å². The highest BCUT2D eigenvalue weighted by Crippen LogP contribution is 2.21. The number of carbonyl (C=O) groups excluding carboxylic acids is 2. The molecule has 1 aromatic carbocycles. The quantitative estimate of drug-likeness (QED) is 0.482. The Hall–Kier alpha value is -2.71. The van der Waals surface area contributed by atoms with E-state index in [-0.39, 0.29) is 24.2 Å². The van der Waals surface area contributed by atoms with Crippen LogP contribution in [0.5, 0.6) is 0 Å². The number of benzene rings is 1. The van der Waals surface area contributed by atoms with Gasteiger partial charge in [0.25, 0.3) is 5.91 Å². The Kier molecular flexibility index (Phi) is 8.36. The molecule has 0 aliphatic heterocycles. The minimum Gasteiger partial charge on any atom is -0.426 e. The SMILES string of the molecule is Cc1ccccc1C(CC(=O)NC(CC(C)C)B(O)O)NC(=O)c1cccnc1. The molecule has 2 unspecified atom stereocenters. The summed E-state index contributed by atoms with van der Waals surface area (Å²) in [5, 5.41) is 24.7. The van der Waals surface area contributed by atoms with Crippen LogP contribution >= 0.6 is 0 Å². The van der Waals surface area contributed by atoms with E-state index >= 15 is 0 Å². The van der Waals surface area contributed by atoms with Crippen molar-refractivity contribution in [2.75, 3.05) is 0 Å². The van der Waals surface area contributed by atoms with Gasteiger partial charge in [-0.2, -0.15) is 0 Å². The van der Waals surface area contributed by atoms with Crippen LogP contribution in [0.1, 0.15) is 54.2 Å². The second-order valence-electron chi connectivity index (χ2n) is 7.55. The summed E-state index contributed by atoms with van der Waals surface area (Å²) in [7, 11) is -1.65. The minimum atomic E-state index is -1.65. The summed E-state index contributed by atoms with van der Waals surface area (Å²) in [6.07, 6.45) is 3.45. The molecular weight excluding hydrogens is 369 g/mol. The van der Waals surface area contributed by atoms with Gasteiger partial charge in [0.15, 0.2) is 0 Å². The zero-order valence-corrected chi connectivity index (χ0v) is 17.0. The fraction of sp³-hybridized carbons (Fsp3) is 0.381. The molecule has 2 atom stereocenters. The monoisotopic (exact) mass is 397 g/mol. The fourth-order valence-corrected chi connectivity index (χ4v) is 3.17. The van der Waals surface area contributed by atoms with E-state index in [9.17, 15) is 19.6 Å². The van der Waals surface area contributed by atoms with Crippen molar-refractivity contribution in [1.82, 2.24) is 15.6 Å². The lowest BCUT2D eigenvalue weighted by Crippen LogP contribution is -2.48. The first-order chi connectivity index (χ1) is 13.8. The van der Waals surface area contributed by atoms with Crippen LogP contribution in [0.25, 0.3) is 0 Å². The third-order valence-corrected chi connectivity index (χ3v) is 4.61. The molecule has 2 rings (SSSR count). The van der Waals surface area contributed by atoms with E-state index in [1.54, 1.807) is 18.3 Å². The van der Waals surface area contributed by atoms with Crippen molar-refractivity contribution in [1.29, 1.82) is 0 Å². The third kappa shape index (κ3) is 7.00. The zero-order valence-electron chi connectivity index (χ0n) is 17.0. The van der Waals surface area contributed by atoms with Crippen LogP contribution in [0.2, 0.25) is 0 Å². The van der Waals surface area contributed by atoms with E-state index in [0.29, 0.717) is 12.0 Å². The summed E-state index contributed by atoms with van der Waals surface area (Å²) in [6.45, 7) is 5.78. The molecule has 0 bridgehead atoms. The Morgan fingerprint density at radius 3 is 2.41 bits per heavy atom. The maximum atomic E-state index is 12.7. The van der Waals surface area contributed by atoms with Crippen molar-refractivity contribution < 1.29 is 19.6 Å². The van der Waals surface area contributed by atoms with E-state index in [1.165, 1.54) is 6.20 Å². The second kappa shape index (κ2) is 10.7. The molecule has 0 saturated carbocycles. The van der Waals surface area contributed by atoms with E-state index in [4.69, 9.17) is 0 Å². The molecule has 0 aliphatic carbocycles. The number of aromatic nitrogens is 1. The molecule has 154 valence electrons. The van der Waals surface area contributed by atoms with Crippen molar-refractivity contribution >= 4 is 18.9 Å². The molecule has 29 heavy (non-hydrogen) atoms. The molecule has 0 radical (unpaired) electrons. The number of aryl methyl sites for hydroxylation is 1. The van der Waals surface area contributed by atoms with Gasteiger partial charge in [0.2, 0.25) is 5.91 Å². The van der Waals surface area contributed by atoms with Gasteiger partial charge in [-0.05, 0) is 42.5 Å². The van der Waals surface area contributed by atoms with Gasteiger partial charge in [0.05, 0.1) is 24.0 Å². The summed E-state index contributed by atoms with van der Waals surface area (Å²) < 4.78 is 0. The number of pyridine rings is 1. The molecule has 0 saturated heterocycles. The van der Waals surface area contributed by atoms with Crippen LogP contribution in [0, 0.1) is 12.8 Å². The van der Waals surface area contributed by atoms with E-state index in [2.05, 4.69) is 15.6 Å². The highest BCUT2D eigenvalue weighted by molar-refractivity contribution is 6.43. The number of carbonyl (C=O) groups is 2. The largest absolute Gasteiger partial charge is 0.475 e. The Morgan fingerprint density at radius 2 is 1.83 bits per heavy atom. The first kappa shape index (κ1) is 22.6. The summed E-state index contributed by atoms with van der Waals surface area (Å²) in [5.74, 6) is -1.29. The standard InChI is InChI=1S/C21H28BN3O4/c1-14(2)11-19(22(28)29)25-20(26)12-18(17-9-5-4-7-15(17)3)24-21(27)16-8-6-10-23-13-16/h4-10,13-14,18-19,28-29H,11-12H2,1-3H3,(H,24,27)(H,25,26). The molecule has 2 aromatic rings. The summed E-state index contributed by atoms with van der Waals surface area (Å²) in [5.41, 5.74) is 2.16. The lowest BCUT2D eigenvalue weighted by atomic mass is 9.75. The van der Waals surface area contributed by atoms with Gasteiger partial charge in [0, 0.05) is 12.4 Å². The summed E-state index contributed by atoms with van der Waals surface area (Å²) in [6, 6.07) is 10.3. The van der Waals surface area contributed by atoms with Gasteiger partial charge >= 0.3 is 7.12 Å². The van der Waals surface area contributed by atoms with E-state index < -0.39 is 19.1 Å². The highest BCUT2D eigenvalue weighted by Gasteiger charge is 2.28. The van der Waals surface area contributed by atoms with Gasteiger partial charge in [-0.3, -0.25) is 14.6 Å². The minimum absolute atomic E-state index is 0.0296. The third-order valence-electron chi connectivity index (χ3n) is 4.61. The lowest BCUT2D eigenvalue weighted by Gasteiger charge is -2.24. The van der Waals surface area contributed by atoms with Crippen LogP contribution in [0.3, 0.4) is 0 Å². The van der Waals surface area contributed by atoms with Crippen molar-refractivity contribution in [3.05, 3.63) is 65.5 Å². The number of nitrogens with zero attached hydrogens (tertiary/aromatic N) is 1. The Bertz CT molecular complexity index is 815. The number of nitrogens with one attached hydrogen (secondary N) is 2. The summed E-state index contributed by atoms with van der Waals surface area (Å²) in [4.78, 5) is 29.2. The van der Waals surface area contributed by atoms with Gasteiger partial charge in [-0.1, -0.05) is 38.1 Å². The second-order valence-corrected chi connectivity index (χ2v) is 7.55. The average molecular weight is 397 g/mol. The molecule has 2 amide bonds. The molecule has 0 spiro atoms. The average Bonchev–Trinajstić information content (AvgIpc) is 2.67. The van der Waals surface area contributed by atoms with Gasteiger partial charge in [-0.25, -0.2) is 0 Å². The molecular formula is C21H28BN3O4. The van der Waals surface area contributed by atoms with Crippen LogP contribution in [-0.2, 0) is 4.79 Å². The topological polar surface area (TPSA) is 112 Å². The van der Waals surface area contributed by atoms with Gasteiger partial charge in [-0.15, -0.1) is 0 Å². The predicted molar refractivity (Wildman–Crippen MR) is 112 cm³/mol. The fourth-order valence-electron chi connectivity index (χ4n) is 3.17. The Balaban J connectivity index is 2.18. The van der Waals surface area contributed by atoms with Gasteiger partial charge < -0.3 is 20.7 Å². The van der Waals surface area contributed by atoms with Crippen molar-refractivity contribution in [3.8, 4) is 0 Å². The highest BCUT2D eigenvalue weighted by atomic mass is 16.4. The first-order valence-corrected chi connectivity index (χ1v) is 9.69. The van der Waals surface area contributed by atoms with E-state index in [0.717, 1.165) is 11.1 Å². The predicted octanol–water partition coefficient (Wildman–Crippen LogP) is 1.79. The molecule has 8 heteroatoms. The molecule has 4 N–H and O–H groups in total. The Labute approximate surface area is 171 Å². The molecule has 1 aromatic heterocycles. The number of hydrogen-bond acceptors (Lipinski definition) is 5. The smallest absolute Gasteiger partial charge is 0.426 e. The van der Waals surface area contributed by atoms with Crippen LogP contribution in [-0.4, -0.2) is 39.9 Å². The molecule has 1 heterocycles. The van der Waals surface area contributed by atoms with Crippen molar-refractivity contribution in [3.63, 3.8) is 0 Å². The first-order valence-electron chi connectivity index (χ1n) is 9.69. The zero-order chi connectivity index (χ0) is 21.4. The van der Waals surface area contributed by atoms with Crippen LogP contribution in [0.4, 0.5) is 0 Å². The summed E-state index contributed by atoms with van der Waals surface area (Å²) >= 11 is 0. The van der Waals surface area contributed by atoms with Gasteiger partial charge in [0.1, 0.15) is 0 Å². The maximum absolute atomic E-state index is 12.7. The lowest BCUT2D eigenvalue weighted by molar-refractivity contribution is -0.122. The van der Waals surface area contributed by atoms with Crippen molar-refractivity contribution in [2.45, 2.75) is 45.6 Å². The number of hydrogen-bond donors (Lipinski definition) is 4. The number of amides is 2. The number of rotatable bonds is 9. The van der Waals surface area contributed by atoms with Crippen LogP contribution in [0.15, 0.2) is 48.8 Å². The van der Waals surface area contributed by atoms with Crippen LogP contribution < -0.4 is 10.6 Å². The maximum Gasteiger partial charge on any atom is 0.475 e. The Morgan fingerprint density at radius 1 is 1.10 bits per heavy atom.